The molecule has 2 rings (SSSR count). The maximum Gasteiger partial charge on any atom is 0.371 e. The van der Waals surface area contributed by atoms with Crippen LogP contribution in [-0.2, 0) is 26.1 Å². The normalized spacial score (nSPS) is 11.7. The topological polar surface area (TPSA) is 108 Å². The highest BCUT2D eigenvalue weighted by Gasteiger charge is 2.15. The number of hydrogen-bond donors (Lipinski definition) is 1. The lowest BCUT2D eigenvalue weighted by Gasteiger charge is -2.14. The van der Waals surface area contributed by atoms with Gasteiger partial charge in [0.2, 0.25) is 5.76 Å². The van der Waals surface area contributed by atoms with E-state index < -0.39 is 16.1 Å². The Hall–Kier alpha value is -2.91. The molecule has 2 aromatic carbocycles. The first-order chi connectivity index (χ1) is 17.7. The van der Waals surface area contributed by atoms with Gasteiger partial charge in [0.05, 0.1) is 30.6 Å². The fourth-order valence-electron chi connectivity index (χ4n) is 3.19. The Balaban J connectivity index is 2.10. The highest BCUT2D eigenvalue weighted by molar-refractivity contribution is 7.87. The molecule has 0 spiro atoms. The summed E-state index contributed by atoms with van der Waals surface area (Å²) in [6, 6.07) is 10.1. The molecule has 0 bridgehead atoms. The number of hydrogen-bond acceptors (Lipinski definition) is 7. The van der Waals surface area contributed by atoms with Crippen LogP contribution in [0.25, 0.3) is 6.08 Å². The van der Waals surface area contributed by atoms with Gasteiger partial charge in [-0.05, 0) is 61.2 Å². The van der Waals surface area contributed by atoms with Gasteiger partial charge in [0.1, 0.15) is 0 Å². The minimum absolute atomic E-state index is 0.0596. The van der Waals surface area contributed by atoms with Gasteiger partial charge < -0.3 is 23.5 Å². The summed E-state index contributed by atoms with van der Waals surface area (Å²) in [7, 11) is -3.69. The fraction of sp³-hybridized carbons (Fsp3) is 0.444. The van der Waals surface area contributed by atoms with E-state index in [2.05, 4.69) is 6.92 Å². The van der Waals surface area contributed by atoms with Crippen molar-refractivity contribution in [1.82, 2.24) is 0 Å². The number of ether oxygens (including phenoxy) is 3. The van der Waals surface area contributed by atoms with Crippen LogP contribution in [0, 0.1) is 0 Å². The van der Waals surface area contributed by atoms with Crippen molar-refractivity contribution in [1.29, 1.82) is 0 Å². The summed E-state index contributed by atoms with van der Waals surface area (Å²) in [5.74, 6) is -0.236. The Bertz CT molecular complexity index is 1160. The molecular formula is C27H35ClO8S. The van der Waals surface area contributed by atoms with Crippen molar-refractivity contribution < 1.29 is 36.7 Å². The van der Waals surface area contributed by atoms with Crippen molar-refractivity contribution in [3.05, 3.63) is 58.3 Å². The molecule has 0 aliphatic carbocycles. The molecule has 0 aliphatic rings. The average molecular weight is 555 g/mol. The van der Waals surface area contributed by atoms with Crippen LogP contribution in [0.5, 0.6) is 17.2 Å². The van der Waals surface area contributed by atoms with Crippen LogP contribution in [0.4, 0.5) is 0 Å². The largest absolute Gasteiger partial charge is 0.490 e. The first-order valence-corrected chi connectivity index (χ1v) is 14.3. The molecule has 0 radical (unpaired) electrons. The van der Waals surface area contributed by atoms with E-state index in [4.69, 9.17) is 30.0 Å². The molecule has 0 saturated heterocycles. The number of benzene rings is 2. The molecule has 10 heteroatoms. The Morgan fingerprint density at radius 2 is 1.65 bits per heavy atom. The number of aliphatic carboxylic acids is 1. The predicted molar refractivity (Wildman–Crippen MR) is 144 cm³/mol. The van der Waals surface area contributed by atoms with Gasteiger partial charge in [-0.1, -0.05) is 50.4 Å². The van der Waals surface area contributed by atoms with E-state index in [0.717, 1.165) is 24.8 Å². The lowest BCUT2D eigenvalue weighted by molar-refractivity contribution is -0.136. The van der Waals surface area contributed by atoms with Crippen molar-refractivity contribution in [3.63, 3.8) is 0 Å². The standard InChI is InChI=1S/C27H35ClO8S/c1-4-7-14-34-25-18-21(19-26(27(29)30)33-6-3)10-12-24(25)35-15-13-20-9-11-23(22(28)17-20)36-37(31,32)16-8-5-2/h9-12,17-19H,4-8,13-16H2,1-3H3,(H,29,30)/b26-19+. The smallest absolute Gasteiger partial charge is 0.371 e. The van der Waals surface area contributed by atoms with Gasteiger partial charge in [-0.3, -0.25) is 0 Å². The van der Waals surface area contributed by atoms with E-state index in [1.54, 1.807) is 43.3 Å². The zero-order chi connectivity index (χ0) is 27.3. The van der Waals surface area contributed by atoms with E-state index >= 15 is 0 Å². The molecule has 2 aromatic rings. The summed E-state index contributed by atoms with van der Waals surface area (Å²) in [4.78, 5) is 11.4. The second-order valence-electron chi connectivity index (χ2n) is 8.22. The zero-order valence-corrected chi connectivity index (χ0v) is 23.1. The van der Waals surface area contributed by atoms with Crippen molar-refractivity contribution in [2.24, 2.45) is 0 Å². The summed E-state index contributed by atoms with van der Waals surface area (Å²) in [5, 5.41) is 9.53. The molecule has 0 saturated carbocycles. The SMILES string of the molecule is CCCCOc1cc(/C=C(/OCC)C(=O)O)ccc1OCCc1ccc(OS(=O)(=O)CCCC)c(Cl)c1. The van der Waals surface area contributed by atoms with Crippen LogP contribution < -0.4 is 13.7 Å². The minimum atomic E-state index is -3.69. The third kappa shape index (κ3) is 10.5. The second kappa shape index (κ2) is 15.4. The summed E-state index contributed by atoms with van der Waals surface area (Å²) in [6.07, 6.45) is 5.03. The number of carboxylic acid groups (broad SMARTS) is 1. The van der Waals surface area contributed by atoms with E-state index in [-0.39, 0.29) is 28.9 Å². The Morgan fingerprint density at radius 3 is 2.30 bits per heavy atom. The Morgan fingerprint density at radius 1 is 0.946 bits per heavy atom. The monoisotopic (exact) mass is 554 g/mol. The van der Waals surface area contributed by atoms with Crippen LogP contribution in [0.1, 0.15) is 57.6 Å². The lowest BCUT2D eigenvalue weighted by Crippen LogP contribution is -2.14. The van der Waals surface area contributed by atoms with Crippen molar-refractivity contribution in [2.45, 2.75) is 52.9 Å². The van der Waals surface area contributed by atoms with Crippen LogP contribution in [0.2, 0.25) is 5.02 Å². The lowest BCUT2D eigenvalue weighted by atomic mass is 10.1. The highest BCUT2D eigenvalue weighted by Crippen LogP contribution is 2.31. The van der Waals surface area contributed by atoms with Gasteiger partial charge in [-0.25, -0.2) is 4.79 Å². The molecule has 37 heavy (non-hydrogen) atoms. The van der Waals surface area contributed by atoms with Crippen LogP contribution >= 0.6 is 11.6 Å². The number of carbonyl (C=O) groups is 1. The number of halogens is 1. The van der Waals surface area contributed by atoms with Crippen molar-refractivity contribution in [2.75, 3.05) is 25.6 Å². The first kappa shape index (κ1) is 30.3. The number of carboxylic acids is 1. The average Bonchev–Trinajstić information content (AvgIpc) is 2.85. The highest BCUT2D eigenvalue weighted by atomic mass is 35.5. The zero-order valence-electron chi connectivity index (χ0n) is 21.5. The molecule has 204 valence electrons. The van der Waals surface area contributed by atoms with Gasteiger partial charge in [-0.15, -0.1) is 0 Å². The quantitative estimate of drug-likeness (QED) is 0.108. The Kier molecular flexibility index (Phi) is 12.6. The fourth-order valence-corrected chi connectivity index (χ4v) is 4.62. The third-order valence-electron chi connectivity index (χ3n) is 5.14. The summed E-state index contributed by atoms with van der Waals surface area (Å²) >= 11 is 6.26. The van der Waals surface area contributed by atoms with Gasteiger partial charge in [0.25, 0.3) is 0 Å². The van der Waals surface area contributed by atoms with E-state index in [1.165, 1.54) is 6.08 Å². The summed E-state index contributed by atoms with van der Waals surface area (Å²) < 4.78 is 46.3. The molecule has 0 heterocycles. The molecule has 0 atom stereocenters. The molecule has 0 amide bonds. The number of rotatable bonds is 17. The first-order valence-electron chi connectivity index (χ1n) is 12.4. The Labute approximate surface area is 224 Å². The van der Waals surface area contributed by atoms with E-state index in [0.29, 0.717) is 43.1 Å². The van der Waals surface area contributed by atoms with Crippen molar-refractivity contribution >= 4 is 33.8 Å². The second-order valence-corrected chi connectivity index (χ2v) is 10.3. The number of unbranched alkanes of at least 4 members (excludes halogenated alkanes) is 2. The molecule has 1 N–H and O–H groups in total. The molecule has 0 unspecified atom stereocenters. The van der Waals surface area contributed by atoms with Gasteiger partial charge in [0, 0.05) is 6.42 Å². The van der Waals surface area contributed by atoms with E-state index in [9.17, 15) is 18.3 Å². The van der Waals surface area contributed by atoms with Gasteiger partial charge >= 0.3 is 16.1 Å². The molecular weight excluding hydrogens is 520 g/mol. The van der Waals surface area contributed by atoms with Crippen LogP contribution in [0.15, 0.2) is 42.2 Å². The van der Waals surface area contributed by atoms with E-state index in [1.807, 2.05) is 6.92 Å². The maximum absolute atomic E-state index is 12.0. The van der Waals surface area contributed by atoms with Crippen LogP contribution in [0.3, 0.4) is 0 Å². The minimum Gasteiger partial charge on any atom is -0.490 e. The van der Waals surface area contributed by atoms with Crippen molar-refractivity contribution in [3.8, 4) is 17.2 Å². The molecule has 8 nitrogen and oxygen atoms in total. The summed E-state index contributed by atoms with van der Waals surface area (Å²) in [5.41, 5.74) is 1.46. The molecule has 0 aliphatic heterocycles. The van der Waals surface area contributed by atoms with Gasteiger partial charge in [-0.2, -0.15) is 8.42 Å². The third-order valence-corrected chi connectivity index (χ3v) is 6.66. The molecule has 0 fully saturated rings. The maximum atomic E-state index is 12.0. The summed E-state index contributed by atoms with van der Waals surface area (Å²) in [6.45, 7) is 6.73. The van der Waals surface area contributed by atoms with Crippen LogP contribution in [-0.4, -0.2) is 45.1 Å². The van der Waals surface area contributed by atoms with Gasteiger partial charge in [0.15, 0.2) is 17.2 Å². The molecule has 0 aromatic heterocycles. The predicted octanol–water partition coefficient (Wildman–Crippen LogP) is 6.11.